The van der Waals surface area contributed by atoms with Crippen LogP contribution in [-0.4, -0.2) is 22.1 Å². The van der Waals surface area contributed by atoms with Crippen molar-refractivity contribution in [2.75, 3.05) is 5.32 Å². The lowest BCUT2D eigenvalue weighted by atomic mass is 10.0. The lowest BCUT2D eigenvalue weighted by molar-refractivity contribution is 0.0697. The predicted molar refractivity (Wildman–Crippen MR) is 73.4 cm³/mol. The van der Waals surface area contributed by atoms with E-state index < -0.39 is 5.97 Å². The largest absolute Gasteiger partial charge is 0.478 e. The summed E-state index contributed by atoms with van der Waals surface area (Å²) in [6.45, 7) is 6.39. The molecule has 0 aliphatic carbocycles. The standard InChI is InChI=1S/C13H19ClN2O2/c1-4-8(2)5-9(3)15-12-7-10(13(17)18)6-11(14)16-12/h6-9H,4-5H2,1-3H3,(H,15,16)(H,17,18). The predicted octanol–water partition coefficient (Wildman–Crippen LogP) is 3.67. The molecule has 2 N–H and O–H groups in total. The molecule has 0 spiro atoms. The number of carboxylic acid groups (broad SMARTS) is 1. The lowest BCUT2D eigenvalue weighted by Crippen LogP contribution is -2.19. The van der Waals surface area contributed by atoms with Gasteiger partial charge in [0, 0.05) is 6.04 Å². The number of aromatic nitrogens is 1. The van der Waals surface area contributed by atoms with Crippen molar-refractivity contribution in [3.63, 3.8) is 0 Å². The minimum atomic E-state index is -1.00. The summed E-state index contributed by atoms with van der Waals surface area (Å²) in [6.07, 6.45) is 2.13. The van der Waals surface area contributed by atoms with Crippen LogP contribution in [-0.2, 0) is 0 Å². The molecule has 18 heavy (non-hydrogen) atoms. The van der Waals surface area contributed by atoms with Gasteiger partial charge in [-0.2, -0.15) is 0 Å². The number of aromatic carboxylic acids is 1. The molecule has 2 atom stereocenters. The van der Waals surface area contributed by atoms with Gasteiger partial charge in [0.05, 0.1) is 5.56 Å². The first kappa shape index (κ1) is 14.8. The third kappa shape index (κ3) is 4.53. The Morgan fingerprint density at radius 2 is 2.17 bits per heavy atom. The second kappa shape index (κ2) is 6.59. The van der Waals surface area contributed by atoms with Crippen LogP contribution < -0.4 is 5.32 Å². The van der Waals surface area contributed by atoms with Gasteiger partial charge >= 0.3 is 5.97 Å². The van der Waals surface area contributed by atoms with Crippen molar-refractivity contribution in [2.24, 2.45) is 5.92 Å². The Bertz CT molecular complexity index is 423. The van der Waals surface area contributed by atoms with Crippen molar-refractivity contribution in [3.05, 3.63) is 22.8 Å². The molecule has 0 aromatic carbocycles. The van der Waals surface area contributed by atoms with Gasteiger partial charge < -0.3 is 10.4 Å². The van der Waals surface area contributed by atoms with E-state index in [9.17, 15) is 4.79 Å². The number of nitrogens with zero attached hydrogens (tertiary/aromatic N) is 1. The number of hydrogen-bond acceptors (Lipinski definition) is 3. The highest BCUT2D eigenvalue weighted by Crippen LogP contribution is 2.18. The number of carboxylic acids is 1. The van der Waals surface area contributed by atoms with Crippen LogP contribution in [0.5, 0.6) is 0 Å². The Balaban J connectivity index is 2.75. The molecule has 4 nitrogen and oxygen atoms in total. The summed E-state index contributed by atoms with van der Waals surface area (Å²) in [7, 11) is 0. The number of anilines is 1. The lowest BCUT2D eigenvalue weighted by Gasteiger charge is -2.18. The summed E-state index contributed by atoms with van der Waals surface area (Å²) < 4.78 is 0. The summed E-state index contributed by atoms with van der Waals surface area (Å²) >= 11 is 5.80. The highest BCUT2D eigenvalue weighted by Gasteiger charge is 2.11. The van der Waals surface area contributed by atoms with Crippen LogP contribution >= 0.6 is 11.6 Å². The van der Waals surface area contributed by atoms with Crippen molar-refractivity contribution in [1.29, 1.82) is 0 Å². The summed E-state index contributed by atoms with van der Waals surface area (Å²) in [4.78, 5) is 15.0. The summed E-state index contributed by atoms with van der Waals surface area (Å²) in [5, 5.41) is 12.3. The van der Waals surface area contributed by atoms with Gasteiger partial charge in [0.2, 0.25) is 0 Å². The van der Waals surface area contributed by atoms with Gasteiger partial charge in [0.15, 0.2) is 0 Å². The van der Waals surface area contributed by atoms with E-state index in [2.05, 4.69) is 31.1 Å². The van der Waals surface area contributed by atoms with Crippen molar-refractivity contribution in [2.45, 2.75) is 39.7 Å². The summed E-state index contributed by atoms with van der Waals surface area (Å²) in [6, 6.07) is 3.07. The van der Waals surface area contributed by atoms with E-state index in [-0.39, 0.29) is 16.8 Å². The first-order valence-corrected chi connectivity index (χ1v) is 6.47. The first-order chi connectivity index (χ1) is 8.42. The quantitative estimate of drug-likeness (QED) is 0.774. The SMILES string of the molecule is CCC(C)CC(C)Nc1cc(C(=O)O)cc(Cl)n1. The molecule has 1 rings (SSSR count). The van der Waals surface area contributed by atoms with E-state index >= 15 is 0 Å². The maximum Gasteiger partial charge on any atom is 0.335 e. The zero-order valence-corrected chi connectivity index (χ0v) is 11.7. The topological polar surface area (TPSA) is 62.2 Å². The van der Waals surface area contributed by atoms with E-state index in [4.69, 9.17) is 16.7 Å². The first-order valence-electron chi connectivity index (χ1n) is 6.09. The third-order valence-corrected chi connectivity index (χ3v) is 3.08. The monoisotopic (exact) mass is 270 g/mol. The number of nitrogens with one attached hydrogen (secondary N) is 1. The van der Waals surface area contributed by atoms with Crippen LogP contribution in [0.25, 0.3) is 0 Å². The highest BCUT2D eigenvalue weighted by molar-refractivity contribution is 6.29. The number of halogens is 1. The molecule has 1 heterocycles. The molecule has 0 fully saturated rings. The Morgan fingerprint density at radius 3 is 2.72 bits per heavy atom. The molecule has 2 unspecified atom stereocenters. The zero-order chi connectivity index (χ0) is 13.7. The number of hydrogen-bond donors (Lipinski definition) is 2. The molecular formula is C13H19ClN2O2. The van der Waals surface area contributed by atoms with Gasteiger partial charge in [0.1, 0.15) is 11.0 Å². The van der Waals surface area contributed by atoms with Crippen molar-refractivity contribution < 1.29 is 9.90 Å². The van der Waals surface area contributed by atoms with E-state index in [0.29, 0.717) is 11.7 Å². The Kier molecular flexibility index (Phi) is 5.41. The molecule has 1 aromatic heterocycles. The van der Waals surface area contributed by atoms with Gasteiger partial charge in [-0.1, -0.05) is 31.9 Å². The Labute approximate surface area is 112 Å². The van der Waals surface area contributed by atoms with Crippen LogP contribution in [0.2, 0.25) is 5.15 Å². The van der Waals surface area contributed by atoms with Gasteiger partial charge in [-0.05, 0) is 31.4 Å². The molecular weight excluding hydrogens is 252 g/mol. The van der Waals surface area contributed by atoms with Crippen LogP contribution in [0, 0.1) is 5.92 Å². The molecule has 100 valence electrons. The van der Waals surface area contributed by atoms with E-state index in [1.807, 2.05) is 0 Å². The molecule has 0 radical (unpaired) electrons. The van der Waals surface area contributed by atoms with Crippen LogP contribution in [0.3, 0.4) is 0 Å². The van der Waals surface area contributed by atoms with Gasteiger partial charge in [-0.3, -0.25) is 0 Å². The molecule has 0 aliphatic heterocycles. The maximum atomic E-state index is 10.9. The number of carbonyl (C=O) groups is 1. The van der Waals surface area contributed by atoms with Gasteiger partial charge in [-0.25, -0.2) is 9.78 Å². The smallest absolute Gasteiger partial charge is 0.335 e. The normalized spacial score (nSPS) is 14.0. The number of rotatable bonds is 6. The fourth-order valence-electron chi connectivity index (χ4n) is 1.78. The molecule has 0 saturated carbocycles. The molecule has 0 saturated heterocycles. The number of pyridine rings is 1. The van der Waals surface area contributed by atoms with Crippen molar-refractivity contribution in [1.82, 2.24) is 4.98 Å². The minimum absolute atomic E-state index is 0.147. The van der Waals surface area contributed by atoms with Gasteiger partial charge in [0.25, 0.3) is 0 Å². The third-order valence-electron chi connectivity index (χ3n) is 2.89. The average molecular weight is 271 g/mol. The van der Waals surface area contributed by atoms with Crippen LogP contribution in [0.15, 0.2) is 12.1 Å². The summed E-state index contributed by atoms with van der Waals surface area (Å²) in [5.74, 6) is 0.123. The van der Waals surface area contributed by atoms with E-state index in [1.165, 1.54) is 12.1 Å². The van der Waals surface area contributed by atoms with Gasteiger partial charge in [-0.15, -0.1) is 0 Å². The van der Waals surface area contributed by atoms with Crippen molar-refractivity contribution in [3.8, 4) is 0 Å². The van der Waals surface area contributed by atoms with Crippen LogP contribution in [0.1, 0.15) is 44.0 Å². The maximum absolute atomic E-state index is 10.9. The van der Waals surface area contributed by atoms with Crippen LogP contribution in [0.4, 0.5) is 5.82 Å². The average Bonchev–Trinajstić information content (AvgIpc) is 2.27. The van der Waals surface area contributed by atoms with Crippen molar-refractivity contribution >= 4 is 23.4 Å². The second-order valence-electron chi connectivity index (χ2n) is 4.66. The highest BCUT2D eigenvalue weighted by atomic mass is 35.5. The van der Waals surface area contributed by atoms with E-state index in [0.717, 1.165) is 12.8 Å². The fraction of sp³-hybridized carbons (Fsp3) is 0.538. The summed E-state index contributed by atoms with van der Waals surface area (Å²) in [5.41, 5.74) is 0.147. The fourth-order valence-corrected chi connectivity index (χ4v) is 1.98. The molecule has 5 heteroatoms. The zero-order valence-electron chi connectivity index (χ0n) is 10.9. The second-order valence-corrected chi connectivity index (χ2v) is 5.05. The van der Waals surface area contributed by atoms with E-state index in [1.54, 1.807) is 0 Å². The minimum Gasteiger partial charge on any atom is -0.478 e. The molecule has 0 aliphatic rings. The Morgan fingerprint density at radius 1 is 1.50 bits per heavy atom. The molecule has 0 bridgehead atoms. The molecule has 1 aromatic rings. The molecule has 0 amide bonds. The Hall–Kier alpha value is -1.29.